The number of hydrogen-bond acceptors (Lipinski definition) is 9. The number of fused-ring (bicyclic) bond motifs is 10. The fraction of sp³-hybridized carbons (Fsp3) is 0.342. The van der Waals surface area contributed by atoms with Gasteiger partial charge in [0.25, 0.3) is 0 Å². The highest BCUT2D eigenvalue weighted by Crippen LogP contribution is 2.31. The quantitative estimate of drug-likeness (QED) is 0.183. The van der Waals surface area contributed by atoms with Gasteiger partial charge < -0.3 is 24.8 Å². The summed E-state index contributed by atoms with van der Waals surface area (Å²) in [5.74, 6) is -0.308. The zero-order chi connectivity index (χ0) is 36.2. The topological polar surface area (TPSA) is 148 Å². The molecular formula is C38H43N5O7. The van der Waals surface area contributed by atoms with Crippen LogP contribution in [0.4, 0.5) is 31.6 Å². The number of benzene rings is 3. The minimum Gasteiger partial charge on any atom is -0.449 e. The predicted molar refractivity (Wildman–Crippen MR) is 191 cm³/mol. The van der Waals surface area contributed by atoms with Crippen LogP contribution in [0.3, 0.4) is 0 Å². The minimum atomic E-state index is -0.922. The van der Waals surface area contributed by atoms with Crippen LogP contribution in [0.1, 0.15) is 77.1 Å². The van der Waals surface area contributed by atoms with Crippen molar-refractivity contribution in [3.8, 4) is 0 Å². The normalized spacial score (nSPS) is 16.9. The second kappa shape index (κ2) is 14.5. The standard InChI is InChI=1S/C38H43N5O7/c1-23-22-48-34(45)42-28-10-8-9-24(19-28)21-40-33(44)31(26-13-11-25(23)12-14-26)41-29-15-16-30-27(20-29)17-18-39-32(30)43(35(46)49-37(2,3)4)36(47)50-38(5,6)7/h8-20,23,31,41H,21-22H2,1-7H3,(H,40,44)(H,42,45)/t23?,31-/m1/s1. The highest BCUT2D eigenvalue weighted by molar-refractivity contribution is 6.14. The van der Waals surface area contributed by atoms with Gasteiger partial charge in [0.2, 0.25) is 5.91 Å². The van der Waals surface area contributed by atoms with Gasteiger partial charge in [-0.1, -0.05) is 43.3 Å². The van der Waals surface area contributed by atoms with Crippen LogP contribution in [0.15, 0.2) is 79.0 Å². The molecule has 4 amide bonds. The van der Waals surface area contributed by atoms with E-state index in [2.05, 4.69) is 20.9 Å². The van der Waals surface area contributed by atoms with E-state index in [1.807, 2.05) is 43.3 Å². The van der Waals surface area contributed by atoms with Crippen LogP contribution in [0.2, 0.25) is 0 Å². The highest BCUT2D eigenvalue weighted by atomic mass is 16.6. The molecule has 2 aliphatic rings. The van der Waals surface area contributed by atoms with E-state index in [1.54, 1.807) is 77.9 Å². The maximum Gasteiger partial charge on any atom is 0.425 e. The van der Waals surface area contributed by atoms with Gasteiger partial charge in [0.1, 0.15) is 17.2 Å². The molecule has 0 saturated heterocycles. The summed E-state index contributed by atoms with van der Waals surface area (Å²) in [5.41, 5.74) is 1.85. The van der Waals surface area contributed by atoms with Crippen molar-refractivity contribution in [3.05, 3.63) is 95.7 Å². The third-order valence-electron chi connectivity index (χ3n) is 7.62. The molecule has 0 aliphatic carbocycles. The van der Waals surface area contributed by atoms with E-state index in [1.165, 1.54) is 6.20 Å². The summed E-state index contributed by atoms with van der Waals surface area (Å²) in [4.78, 5) is 58.1. The van der Waals surface area contributed by atoms with Crippen molar-refractivity contribution in [2.75, 3.05) is 22.1 Å². The van der Waals surface area contributed by atoms with Crippen molar-refractivity contribution < 1.29 is 33.4 Å². The van der Waals surface area contributed by atoms with Crippen molar-refractivity contribution in [2.24, 2.45) is 0 Å². The van der Waals surface area contributed by atoms with E-state index < -0.39 is 35.5 Å². The number of ether oxygens (including phenoxy) is 3. The van der Waals surface area contributed by atoms with Gasteiger partial charge in [-0.25, -0.2) is 19.4 Å². The summed E-state index contributed by atoms with van der Waals surface area (Å²) >= 11 is 0. The fourth-order valence-electron chi connectivity index (χ4n) is 5.28. The van der Waals surface area contributed by atoms with Crippen molar-refractivity contribution in [1.82, 2.24) is 10.3 Å². The summed E-state index contributed by atoms with van der Waals surface area (Å²) < 4.78 is 16.6. The Morgan fingerprint density at radius 1 is 0.880 bits per heavy atom. The van der Waals surface area contributed by atoms with E-state index in [0.29, 0.717) is 22.1 Å². The van der Waals surface area contributed by atoms with Crippen LogP contribution in [0, 0.1) is 0 Å². The number of amides is 4. The Labute approximate surface area is 291 Å². The fourth-order valence-corrected chi connectivity index (χ4v) is 5.28. The van der Waals surface area contributed by atoms with Gasteiger partial charge in [-0.05, 0) is 100 Å². The summed E-state index contributed by atoms with van der Waals surface area (Å²) in [7, 11) is 0. The summed E-state index contributed by atoms with van der Waals surface area (Å²) in [5, 5.41) is 10.3. The molecule has 2 atom stereocenters. The lowest BCUT2D eigenvalue weighted by Crippen LogP contribution is -2.44. The summed E-state index contributed by atoms with van der Waals surface area (Å²) in [6.07, 6.45) is -0.905. The maximum absolute atomic E-state index is 13.8. The molecule has 6 rings (SSSR count). The molecule has 4 aromatic rings. The second-order valence-electron chi connectivity index (χ2n) is 14.2. The molecule has 0 fully saturated rings. The van der Waals surface area contributed by atoms with Crippen LogP contribution in [0.25, 0.3) is 10.8 Å². The Morgan fingerprint density at radius 3 is 2.20 bits per heavy atom. The SMILES string of the molecule is CC1COC(=O)Nc2cccc(c2)CNC(=O)[C@H](Nc2ccc3c(N(C(=O)OC(C)(C)C)C(=O)OC(C)(C)C)nccc3c2)c2ccc1cc2. The Balaban J connectivity index is 1.49. The number of aromatic nitrogens is 1. The Hall–Kier alpha value is -5.65. The van der Waals surface area contributed by atoms with E-state index in [0.717, 1.165) is 21.6 Å². The number of nitrogens with one attached hydrogen (secondary N) is 3. The van der Waals surface area contributed by atoms with Gasteiger partial charge in [-0.3, -0.25) is 10.1 Å². The Kier molecular flexibility index (Phi) is 10.3. The van der Waals surface area contributed by atoms with E-state index >= 15 is 0 Å². The zero-order valence-corrected chi connectivity index (χ0v) is 29.3. The number of hydrogen-bond donors (Lipinski definition) is 3. The lowest BCUT2D eigenvalue weighted by molar-refractivity contribution is -0.122. The van der Waals surface area contributed by atoms with E-state index in [9.17, 15) is 19.2 Å². The number of pyridine rings is 1. The molecule has 0 spiro atoms. The van der Waals surface area contributed by atoms with Crippen molar-refractivity contribution in [2.45, 2.75) is 78.2 Å². The van der Waals surface area contributed by atoms with Crippen LogP contribution in [-0.4, -0.2) is 47.0 Å². The molecule has 50 heavy (non-hydrogen) atoms. The predicted octanol–water partition coefficient (Wildman–Crippen LogP) is 8.05. The molecule has 0 saturated carbocycles. The summed E-state index contributed by atoms with van der Waals surface area (Å²) in [6, 6.07) is 21.0. The molecule has 2 aliphatic heterocycles. The van der Waals surface area contributed by atoms with Crippen molar-refractivity contribution in [1.29, 1.82) is 0 Å². The lowest BCUT2D eigenvalue weighted by Gasteiger charge is -2.28. The van der Waals surface area contributed by atoms with Crippen molar-refractivity contribution >= 4 is 52.2 Å². The number of imide groups is 1. The largest absolute Gasteiger partial charge is 0.449 e. The monoisotopic (exact) mass is 681 g/mol. The molecule has 3 heterocycles. The highest BCUT2D eigenvalue weighted by Gasteiger charge is 2.34. The zero-order valence-electron chi connectivity index (χ0n) is 29.3. The summed E-state index contributed by atoms with van der Waals surface area (Å²) in [6.45, 7) is 12.6. The van der Waals surface area contributed by atoms with Crippen LogP contribution in [-0.2, 0) is 25.5 Å². The molecule has 12 heteroatoms. The maximum atomic E-state index is 13.8. The molecule has 3 aromatic carbocycles. The molecule has 4 bridgehead atoms. The molecule has 0 radical (unpaired) electrons. The second-order valence-corrected chi connectivity index (χ2v) is 14.2. The Morgan fingerprint density at radius 2 is 1.54 bits per heavy atom. The Bertz CT molecular complexity index is 1870. The molecular weight excluding hydrogens is 638 g/mol. The number of rotatable bonds is 3. The van der Waals surface area contributed by atoms with Gasteiger partial charge in [-0.15, -0.1) is 0 Å². The smallest absolute Gasteiger partial charge is 0.425 e. The third-order valence-corrected chi connectivity index (χ3v) is 7.62. The molecule has 1 unspecified atom stereocenters. The lowest BCUT2D eigenvalue weighted by atomic mass is 9.97. The molecule has 3 N–H and O–H groups in total. The van der Waals surface area contributed by atoms with Crippen molar-refractivity contribution in [3.63, 3.8) is 0 Å². The van der Waals surface area contributed by atoms with Gasteiger partial charge in [0, 0.05) is 35.4 Å². The first-order chi connectivity index (χ1) is 23.6. The van der Waals surface area contributed by atoms with E-state index in [4.69, 9.17) is 14.2 Å². The average Bonchev–Trinajstić information content (AvgIpc) is 3.03. The van der Waals surface area contributed by atoms with Gasteiger partial charge in [0.05, 0.1) is 6.61 Å². The van der Waals surface area contributed by atoms with E-state index in [-0.39, 0.29) is 30.8 Å². The molecule has 1 aromatic heterocycles. The first-order valence-electron chi connectivity index (χ1n) is 16.4. The number of carbonyl (C=O) groups excluding carboxylic acids is 4. The van der Waals surface area contributed by atoms with Gasteiger partial charge >= 0.3 is 18.3 Å². The van der Waals surface area contributed by atoms with Crippen LogP contribution >= 0.6 is 0 Å². The van der Waals surface area contributed by atoms with Gasteiger partial charge in [0.15, 0.2) is 5.82 Å². The third kappa shape index (κ3) is 9.07. The minimum absolute atomic E-state index is 0.0482. The van der Waals surface area contributed by atoms with Gasteiger partial charge in [-0.2, -0.15) is 4.90 Å². The molecule has 12 nitrogen and oxygen atoms in total. The first kappa shape index (κ1) is 35.7. The number of carbonyl (C=O) groups is 4. The van der Waals surface area contributed by atoms with Crippen LogP contribution < -0.4 is 20.9 Å². The average molecular weight is 682 g/mol. The van der Waals surface area contributed by atoms with Crippen LogP contribution in [0.5, 0.6) is 0 Å². The number of nitrogens with zero attached hydrogens (tertiary/aromatic N) is 2. The molecule has 262 valence electrons. The number of anilines is 3. The first-order valence-corrected chi connectivity index (χ1v) is 16.4.